The molecular formula is C27H28N6O2. The Kier molecular flexibility index (Phi) is 6.36. The number of anilines is 1. The molecule has 2 N–H and O–H groups in total. The van der Waals surface area contributed by atoms with Gasteiger partial charge >= 0.3 is 0 Å². The van der Waals surface area contributed by atoms with Crippen LogP contribution in [0.3, 0.4) is 0 Å². The Morgan fingerprint density at radius 2 is 2.03 bits per heavy atom. The van der Waals surface area contributed by atoms with Gasteiger partial charge < -0.3 is 24.6 Å². The minimum Gasteiger partial charge on any atom is -0.389 e. The zero-order chi connectivity index (χ0) is 24.4. The monoisotopic (exact) mass is 468 g/mol. The predicted molar refractivity (Wildman–Crippen MR) is 137 cm³/mol. The number of aliphatic hydroxyl groups excluding tert-OH is 1. The molecule has 1 aromatic carbocycles. The summed E-state index contributed by atoms with van der Waals surface area (Å²) in [6, 6.07) is 10.1. The number of aliphatic hydroxyl groups is 1. The number of H-pyrrole nitrogens is 1. The van der Waals surface area contributed by atoms with Gasteiger partial charge in [-0.25, -0.2) is 9.97 Å². The van der Waals surface area contributed by atoms with Crippen molar-refractivity contribution in [2.24, 2.45) is 0 Å². The number of nitriles is 1. The molecule has 0 saturated carbocycles. The number of nitrogens with zero attached hydrogens (tertiary/aromatic N) is 5. The van der Waals surface area contributed by atoms with Crippen molar-refractivity contribution in [1.82, 2.24) is 19.9 Å². The van der Waals surface area contributed by atoms with E-state index in [1.807, 2.05) is 35.2 Å². The summed E-state index contributed by atoms with van der Waals surface area (Å²) in [6.07, 6.45) is 7.18. The van der Waals surface area contributed by atoms with Gasteiger partial charge in [0.15, 0.2) is 0 Å². The number of hydrogen-bond acceptors (Lipinski definition) is 7. The maximum absolute atomic E-state index is 9.73. The van der Waals surface area contributed by atoms with Gasteiger partial charge in [0.1, 0.15) is 18.0 Å². The van der Waals surface area contributed by atoms with E-state index in [9.17, 15) is 10.4 Å². The number of rotatable bonds is 6. The maximum atomic E-state index is 9.73. The Bertz CT molecular complexity index is 1350. The molecule has 0 unspecified atom stereocenters. The molecule has 8 heteroatoms. The van der Waals surface area contributed by atoms with E-state index in [0.717, 1.165) is 65.5 Å². The predicted octanol–water partition coefficient (Wildman–Crippen LogP) is 3.48. The molecule has 2 aromatic heterocycles. The zero-order valence-electron chi connectivity index (χ0n) is 19.7. The van der Waals surface area contributed by atoms with Crippen LogP contribution >= 0.6 is 0 Å². The number of fused-ring (bicyclic) bond motifs is 1. The topological polar surface area (TPSA) is 101 Å². The molecule has 0 amide bonds. The van der Waals surface area contributed by atoms with Crippen molar-refractivity contribution in [3.05, 3.63) is 72.4 Å². The number of ether oxygens (including phenoxy) is 1. The van der Waals surface area contributed by atoms with E-state index in [4.69, 9.17) is 4.74 Å². The lowest BCUT2D eigenvalue weighted by atomic mass is 10.0. The third-order valence-corrected chi connectivity index (χ3v) is 6.56. The fourth-order valence-corrected chi connectivity index (χ4v) is 4.53. The van der Waals surface area contributed by atoms with Gasteiger partial charge in [0.2, 0.25) is 0 Å². The SMILES string of the molecule is C=C/C(=C\C=C(/C)N1CCOCC1)c1cc2c(-c3ccc(N4CC(O)C4)c(C#N)c3)ncnc2[nH]1. The van der Waals surface area contributed by atoms with E-state index < -0.39 is 0 Å². The Balaban J connectivity index is 1.47. The molecule has 0 bridgehead atoms. The van der Waals surface area contributed by atoms with Gasteiger partial charge in [-0.2, -0.15) is 5.26 Å². The standard InChI is InChI=1S/C27H28N6O2/c1-3-19(5-4-18(2)32-8-10-35-11-9-32)24-13-23-26(29-17-30-27(23)31-24)20-6-7-25(21(12-20)14-28)33-15-22(34)16-33/h3-7,12-13,17,22,34H,1,8-11,15-16H2,2H3,(H,29,30,31)/b18-4+,19-5+. The van der Waals surface area contributed by atoms with E-state index in [1.54, 1.807) is 0 Å². The summed E-state index contributed by atoms with van der Waals surface area (Å²) in [5.74, 6) is 0. The Labute approximate surface area is 204 Å². The first-order chi connectivity index (χ1) is 17.1. The molecule has 0 atom stereocenters. The molecule has 2 fully saturated rings. The lowest BCUT2D eigenvalue weighted by molar-refractivity contribution is 0.0537. The van der Waals surface area contributed by atoms with E-state index in [-0.39, 0.29) is 6.10 Å². The number of β-amino-alcohol motifs (C(OH)–C–C–N with tert-alkyl or cyclic N) is 1. The van der Waals surface area contributed by atoms with Gasteiger partial charge in [-0.15, -0.1) is 0 Å². The molecule has 2 aliphatic heterocycles. The summed E-state index contributed by atoms with van der Waals surface area (Å²) >= 11 is 0. The highest BCUT2D eigenvalue weighted by molar-refractivity contribution is 5.94. The first-order valence-corrected chi connectivity index (χ1v) is 11.7. The van der Waals surface area contributed by atoms with Crippen LogP contribution in [0.2, 0.25) is 0 Å². The van der Waals surface area contributed by atoms with Gasteiger partial charge in [-0.1, -0.05) is 24.8 Å². The molecule has 178 valence electrons. The summed E-state index contributed by atoms with van der Waals surface area (Å²) in [5, 5.41) is 20.2. The largest absolute Gasteiger partial charge is 0.389 e. The summed E-state index contributed by atoms with van der Waals surface area (Å²) in [7, 11) is 0. The van der Waals surface area contributed by atoms with Crippen LogP contribution in [0.1, 0.15) is 18.2 Å². The molecule has 2 aliphatic rings. The van der Waals surface area contributed by atoms with Crippen LogP contribution in [0.4, 0.5) is 5.69 Å². The molecule has 5 rings (SSSR count). The highest BCUT2D eigenvalue weighted by atomic mass is 16.5. The number of hydrogen-bond donors (Lipinski definition) is 2. The fraction of sp³-hybridized carbons (Fsp3) is 0.296. The summed E-state index contributed by atoms with van der Waals surface area (Å²) in [5.41, 5.74) is 6.75. The van der Waals surface area contributed by atoms with Crippen LogP contribution < -0.4 is 4.90 Å². The van der Waals surface area contributed by atoms with Crippen LogP contribution in [0.15, 0.2) is 61.1 Å². The molecule has 4 heterocycles. The minimum absolute atomic E-state index is 0.333. The van der Waals surface area contributed by atoms with Crippen LogP contribution in [0, 0.1) is 11.3 Å². The van der Waals surface area contributed by atoms with Crippen LogP contribution in [-0.2, 0) is 4.74 Å². The van der Waals surface area contributed by atoms with Crippen LogP contribution in [0.25, 0.3) is 27.9 Å². The Hall–Kier alpha value is -3.93. The average Bonchev–Trinajstić information content (AvgIpc) is 3.31. The molecule has 0 radical (unpaired) electrons. The quantitative estimate of drug-likeness (QED) is 0.534. The van der Waals surface area contributed by atoms with Crippen molar-refractivity contribution in [3.63, 3.8) is 0 Å². The average molecular weight is 469 g/mol. The molecule has 0 aliphatic carbocycles. The zero-order valence-corrected chi connectivity index (χ0v) is 19.7. The molecule has 2 saturated heterocycles. The highest BCUT2D eigenvalue weighted by Gasteiger charge is 2.26. The number of morpholine rings is 1. The molecular weight excluding hydrogens is 440 g/mol. The number of benzene rings is 1. The molecule has 35 heavy (non-hydrogen) atoms. The maximum Gasteiger partial charge on any atom is 0.141 e. The second kappa shape index (κ2) is 9.74. The lowest BCUT2D eigenvalue weighted by Gasteiger charge is -2.38. The Morgan fingerprint density at radius 1 is 1.23 bits per heavy atom. The van der Waals surface area contributed by atoms with Crippen molar-refractivity contribution in [2.45, 2.75) is 13.0 Å². The van der Waals surface area contributed by atoms with Crippen LogP contribution in [-0.4, -0.2) is 70.5 Å². The van der Waals surface area contributed by atoms with E-state index in [0.29, 0.717) is 18.7 Å². The van der Waals surface area contributed by atoms with Crippen LogP contribution in [0.5, 0.6) is 0 Å². The highest BCUT2D eigenvalue weighted by Crippen LogP contribution is 2.33. The summed E-state index contributed by atoms with van der Waals surface area (Å²) in [6.45, 7) is 10.5. The van der Waals surface area contributed by atoms with E-state index in [2.05, 4.69) is 51.6 Å². The molecule has 8 nitrogen and oxygen atoms in total. The van der Waals surface area contributed by atoms with Crippen molar-refractivity contribution < 1.29 is 9.84 Å². The number of allylic oxidation sites excluding steroid dienone is 5. The Morgan fingerprint density at radius 3 is 2.74 bits per heavy atom. The third kappa shape index (κ3) is 4.56. The third-order valence-electron chi connectivity index (χ3n) is 6.56. The number of aromatic nitrogens is 3. The van der Waals surface area contributed by atoms with Gasteiger partial charge in [0.05, 0.1) is 36.3 Å². The van der Waals surface area contributed by atoms with E-state index >= 15 is 0 Å². The van der Waals surface area contributed by atoms with Gasteiger partial charge in [-0.3, -0.25) is 0 Å². The van der Waals surface area contributed by atoms with Crippen molar-refractivity contribution in [2.75, 3.05) is 44.3 Å². The van der Waals surface area contributed by atoms with Crippen molar-refractivity contribution in [3.8, 4) is 17.3 Å². The van der Waals surface area contributed by atoms with Crippen molar-refractivity contribution >= 4 is 22.3 Å². The smallest absolute Gasteiger partial charge is 0.141 e. The number of nitrogens with one attached hydrogen (secondary N) is 1. The van der Waals surface area contributed by atoms with Crippen molar-refractivity contribution in [1.29, 1.82) is 5.26 Å². The summed E-state index contributed by atoms with van der Waals surface area (Å²) in [4.78, 5) is 16.7. The fourth-order valence-electron chi connectivity index (χ4n) is 4.53. The summed E-state index contributed by atoms with van der Waals surface area (Å²) < 4.78 is 5.44. The van der Waals surface area contributed by atoms with E-state index in [1.165, 1.54) is 12.0 Å². The van der Waals surface area contributed by atoms with Gasteiger partial charge in [0.25, 0.3) is 0 Å². The van der Waals surface area contributed by atoms with Gasteiger partial charge in [0, 0.05) is 48.5 Å². The minimum atomic E-state index is -0.333. The normalized spacial score (nSPS) is 17.4. The lowest BCUT2D eigenvalue weighted by Crippen LogP contribution is -2.51. The molecule has 0 spiro atoms. The number of aromatic amines is 1. The second-order valence-electron chi connectivity index (χ2n) is 8.80. The molecule has 3 aromatic rings. The van der Waals surface area contributed by atoms with Gasteiger partial charge in [-0.05, 0) is 36.8 Å². The first kappa shape index (κ1) is 22.8. The second-order valence-corrected chi connectivity index (χ2v) is 8.80. The first-order valence-electron chi connectivity index (χ1n) is 11.7.